The van der Waals surface area contributed by atoms with Gasteiger partial charge in [-0.2, -0.15) is 26.3 Å². The molecule has 0 spiro atoms. The van der Waals surface area contributed by atoms with Crippen molar-refractivity contribution in [3.63, 3.8) is 0 Å². The highest BCUT2D eigenvalue weighted by atomic mass is 32.1. The summed E-state index contributed by atoms with van der Waals surface area (Å²) in [6.07, 6.45) is -6.43. The summed E-state index contributed by atoms with van der Waals surface area (Å²) in [6.45, 7) is 3.72. The third-order valence-electron chi connectivity index (χ3n) is 5.77. The fraction of sp³-hybridized carbons (Fsp3) is 0.545. The molecule has 1 aliphatic rings. The van der Waals surface area contributed by atoms with Gasteiger partial charge in [0, 0.05) is 24.0 Å². The van der Waals surface area contributed by atoms with Crippen LogP contribution in [0.3, 0.4) is 0 Å². The summed E-state index contributed by atoms with van der Waals surface area (Å²) in [5, 5.41) is 8.95. The monoisotopic (exact) mass is 493 g/mol. The number of amides is 1. The molecule has 0 radical (unpaired) electrons. The van der Waals surface area contributed by atoms with Gasteiger partial charge in [0.25, 0.3) is 5.91 Å². The Morgan fingerprint density at radius 2 is 1.52 bits per heavy atom. The van der Waals surface area contributed by atoms with Crippen LogP contribution < -0.4 is 10.6 Å². The minimum atomic E-state index is -4.99. The molecule has 3 rings (SSSR count). The number of hydrogen-bond donors (Lipinski definition) is 2. The van der Waals surface area contributed by atoms with Gasteiger partial charge >= 0.3 is 12.4 Å². The van der Waals surface area contributed by atoms with E-state index < -0.39 is 35.0 Å². The minimum Gasteiger partial charge on any atom is -0.352 e. The lowest BCUT2D eigenvalue weighted by molar-refractivity contribution is -0.143. The van der Waals surface area contributed by atoms with Crippen molar-refractivity contribution in [2.24, 2.45) is 11.8 Å². The summed E-state index contributed by atoms with van der Waals surface area (Å²) < 4.78 is 77.9. The average molecular weight is 494 g/mol. The van der Waals surface area contributed by atoms with E-state index in [0.717, 1.165) is 42.9 Å². The third-order valence-corrected chi connectivity index (χ3v) is 6.60. The van der Waals surface area contributed by atoms with Gasteiger partial charge in [0.05, 0.1) is 21.8 Å². The highest BCUT2D eigenvalue weighted by Gasteiger charge is 2.37. The van der Waals surface area contributed by atoms with Crippen LogP contribution in [0.5, 0.6) is 0 Å². The van der Waals surface area contributed by atoms with E-state index in [4.69, 9.17) is 0 Å². The summed E-state index contributed by atoms with van der Waals surface area (Å²) in [7, 11) is 0. The second-order valence-corrected chi connectivity index (χ2v) is 9.44. The fourth-order valence-electron chi connectivity index (χ4n) is 3.96. The van der Waals surface area contributed by atoms with Gasteiger partial charge in [0.1, 0.15) is 0 Å². The van der Waals surface area contributed by atoms with Gasteiger partial charge in [-0.25, -0.2) is 4.98 Å². The highest BCUT2D eigenvalue weighted by molar-refractivity contribution is 7.09. The third kappa shape index (κ3) is 7.43. The molecule has 0 unspecified atom stereocenters. The van der Waals surface area contributed by atoms with Crippen molar-refractivity contribution in [1.82, 2.24) is 15.6 Å². The number of nitrogens with zero attached hydrogens (tertiary/aromatic N) is 1. The van der Waals surface area contributed by atoms with E-state index in [-0.39, 0.29) is 18.5 Å². The Bertz CT molecular complexity index is 916. The number of rotatable bonds is 7. The zero-order chi connectivity index (χ0) is 24.2. The summed E-state index contributed by atoms with van der Waals surface area (Å²) in [5.74, 6) is -0.317. The molecule has 0 saturated heterocycles. The van der Waals surface area contributed by atoms with Gasteiger partial charge in [-0.1, -0.05) is 0 Å². The van der Waals surface area contributed by atoms with Crippen LogP contribution in [-0.4, -0.2) is 24.0 Å². The molecule has 1 fully saturated rings. The fourth-order valence-corrected chi connectivity index (χ4v) is 4.57. The molecule has 0 bridgehead atoms. The molecule has 1 aromatic carbocycles. The number of alkyl halides is 6. The number of carbonyl (C=O) groups is 1. The van der Waals surface area contributed by atoms with Crippen LogP contribution in [0, 0.1) is 18.8 Å². The van der Waals surface area contributed by atoms with Crippen LogP contribution >= 0.6 is 11.3 Å². The molecule has 0 aliphatic heterocycles. The molecule has 1 amide bonds. The van der Waals surface area contributed by atoms with Gasteiger partial charge in [-0.3, -0.25) is 4.79 Å². The van der Waals surface area contributed by atoms with E-state index in [2.05, 4.69) is 15.6 Å². The zero-order valence-electron chi connectivity index (χ0n) is 17.9. The molecular weight excluding hydrogens is 468 g/mol. The van der Waals surface area contributed by atoms with E-state index in [1.165, 1.54) is 0 Å². The number of carbonyl (C=O) groups excluding carboxylic acids is 1. The maximum absolute atomic E-state index is 13.0. The molecule has 1 heterocycles. The lowest BCUT2D eigenvalue weighted by Crippen LogP contribution is -2.33. The maximum atomic E-state index is 13.0. The molecule has 2 aromatic rings. The van der Waals surface area contributed by atoms with Gasteiger partial charge in [0.15, 0.2) is 0 Å². The Balaban J connectivity index is 1.48. The maximum Gasteiger partial charge on any atom is 0.416 e. The number of thiazole rings is 1. The molecular formula is C22H25F6N3OS. The van der Waals surface area contributed by atoms with Gasteiger partial charge in [-0.15, -0.1) is 11.3 Å². The lowest BCUT2D eigenvalue weighted by Gasteiger charge is -2.28. The zero-order valence-corrected chi connectivity index (χ0v) is 18.8. The van der Waals surface area contributed by atoms with Crippen LogP contribution in [0.2, 0.25) is 0 Å². The molecule has 2 N–H and O–H groups in total. The van der Waals surface area contributed by atoms with Crippen molar-refractivity contribution < 1.29 is 31.1 Å². The molecule has 11 heteroatoms. The summed E-state index contributed by atoms with van der Waals surface area (Å²) >= 11 is 1.60. The van der Waals surface area contributed by atoms with Crippen molar-refractivity contribution in [3.05, 3.63) is 51.0 Å². The Morgan fingerprint density at radius 3 is 2.00 bits per heavy atom. The van der Waals surface area contributed by atoms with Gasteiger partial charge in [0.2, 0.25) is 0 Å². The largest absolute Gasteiger partial charge is 0.416 e. The van der Waals surface area contributed by atoms with Crippen LogP contribution in [-0.2, 0) is 18.9 Å². The Hall–Kier alpha value is -2.14. The number of hydrogen-bond acceptors (Lipinski definition) is 4. The average Bonchev–Trinajstić information content (AvgIpc) is 3.16. The predicted molar refractivity (Wildman–Crippen MR) is 113 cm³/mol. The number of benzene rings is 1. The molecule has 33 heavy (non-hydrogen) atoms. The van der Waals surface area contributed by atoms with E-state index >= 15 is 0 Å². The van der Waals surface area contributed by atoms with Crippen molar-refractivity contribution in [3.8, 4) is 0 Å². The number of aryl methyl sites for hydroxylation is 1. The van der Waals surface area contributed by atoms with Crippen LogP contribution in [0.1, 0.15) is 57.9 Å². The Morgan fingerprint density at radius 1 is 0.970 bits per heavy atom. The van der Waals surface area contributed by atoms with Gasteiger partial charge in [-0.05, 0) is 69.2 Å². The first-order valence-corrected chi connectivity index (χ1v) is 11.5. The molecule has 182 valence electrons. The smallest absolute Gasteiger partial charge is 0.352 e. The molecule has 4 nitrogen and oxygen atoms in total. The lowest BCUT2D eigenvalue weighted by atomic mass is 9.82. The topological polar surface area (TPSA) is 54.0 Å². The number of nitrogens with one attached hydrogen (secondary N) is 2. The number of aromatic nitrogens is 1. The van der Waals surface area contributed by atoms with Crippen LogP contribution in [0.25, 0.3) is 0 Å². The van der Waals surface area contributed by atoms with E-state index in [1.54, 1.807) is 11.3 Å². The first-order valence-electron chi connectivity index (χ1n) is 10.6. The molecule has 0 atom stereocenters. The molecule has 1 aromatic heterocycles. The van der Waals surface area contributed by atoms with Crippen molar-refractivity contribution in [1.29, 1.82) is 0 Å². The normalized spacial score (nSPS) is 19.5. The van der Waals surface area contributed by atoms with E-state index in [9.17, 15) is 31.1 Å². The van der Waals surface area contributed by atoms with Gasteiger partial charge < -0.3 is 10.6 Å². The summed E-state index contributed by atoms with van der Waals surface area (Å²) in [5.41, 5.74) is -2.63. The summed E-state index contributed by atoms with van der Waals surface area (Å²) in [6, 6.07) is 0.926. The second-order valence-electron chi connectivity index (χ2n) is 8.38. The second kappa shape index (κ2) is 10.4. The van der Waals surface area contributed by atoms with Crippen LogP contribution in [0.4, 0.5) is 26.3 Å². The summed E-state index contributed by atoms with van der Waals surface area (Å²) in [4.78, 5) is 16.7. The van der Waals surface area contributed by atoms with Crippen molar-refractivity contribution in [2.45, 2.75) is 51.5 Å². The standard InChI is InChI=1S/C22H25F6N3OS/c1-13-31-19(12-33-13)11-29-9-14-2-4-15(5-3-14)10-30-20(32)16-6-17(21(23,24)25)8-18(7-16)22(26,27)28/h6-8,12,14-15,29H,2-5,9-11H2,1H3,(H,30,32). The Labute approximate surface area is 191 Å². The first kappa shape index (κ1) is 25.5. The first-order chi connectivity index (χ1) is 15.4. The predicted octanol–water partition coefficient (Wildman–Crippen LogP) is 5.82. The number of halogens is 6. The van der Waals surface area contributed by atoms with Crippen molar-refractivity contribution >= 4 is 17.2 Å². The van der Waals surface area contributed by atoms with E-state index in [1.807, 2.05) is 12.3 Å². The molecule has 1 saturated carbocycles. The van der Waals surface area contributed by atoms with E-state index in [0.29, 0.717) is 24.6 Å². The highest BCUT2D eigenvalue weighted by Crippen LogP contribution is 2.36. The Kier molecular flexibility index (Phi) is 8.04. The SMILES string of the molecule is Cc1nc(CNCC2CCC(CNC(=O)c3cc(C(F)(F)F)cc(C(F)(F)F)c3)CC2)cs1. The molecule has 1 aliphatic carbocycles. The van der Waals surface area contributed by atoms with Crippen molar-refractivity contribution in [2.75, 3.05) is 13.1 Å². The quantitative estimate of drug-likeness (QED) is 0.479. The minimum absolute atomic E-state index is 0.0156. The van der Waals surface area contributed by atoms with Crippen LogP contribution in [0.15, 0.2) is 23.6 Å².